The van der Waals surface area contributed by atoms with Crippen molar-refractivity contribution in [3.8, 4) is 0 Å². The SMILES string of the molecule is Cc1ccc(NC(=O)c2cc([N+](=O)[O-])ccc2N2CCN(C)CC2)cc1Cl. The first-order valence-corrected chi connectivity index (χ1v) is 9.02. The van der Waals surface area contributed by atoms with Gasteiger partial charge in [0.2, 0.25) is 0 Å². The van der Waals surface area contributed by atoms with Gasteiger partial charge in [-0.05, 0) is 37.7 Å². The lowest BCUT2D eigenvalue weighted by atomic mass is 10.1. The van der Waals surface area contributed by atoms with Crippen LogP contribution in [0.4, 0.5) is 17.1 Å². The third-order valence-electron chi connectivity index (χ3n) is 4.71. The summed E-state index contributed by atoms with van der Waals surface area (Å²) in [6.07, 6.45) is 0. The number of nitrogens with zero attached hydrogens (tertiary/aromatic N) is 3. The van der Waals surface area contributed by atoms with Crippen LogP contribution in [0.5, 0.6) is 0 Å². The van der Waals surface area contributed by atoms with Crippen LogP contribution in [0.1, 0.15) is 15.9 Å². The summed E-state index contributed by atoms with van der Waals surface area (Å²) in [5.41, 5.74) is 2.32. The monoisotopic (exact) mass is 388 g/mol. The minimum Gasteiger partial charge on any atom is -0.368 e. The predicted molar refractivity (Wildman–Crippen MR) is 107 cm³/mol. The van der Waals surface area contributed by atoms with Gasteiger partial charge in [0.05, 0.1) is 16.2 Å². The fourth-order valence-corrected chi connectivity index (χ4v) is 3.19. The molecule has 7 nitrogen and oxygen atoms in total. The van der Waals surface area contributed by atoms with Crippen molar-refractivity contribution in [3.05, 3.63) is 62.7 Å². The van der Waals surface area contributed by atoms with Gasteiger partial charge < -0.3 is 15.1 Å². The van der Waals surface area contributed by atoms with E-state index in [-0.39, 0.29) is 11.3 Å². The molecule has 1 heterocycles. The summed E-state index contributed by atoms with van der Waals surface area (Å²) in [4.78, 5) is 27.9. The van der Waals surface area contributed by atoms with Gasteiger partial charge in [-0.1, -0.05) is 17.7 Å². The topological polar surface area (TPSA) is 78.7 Å². The smallest absolute Gasteiger partial charge is 0.270 e. The molecule has 0 radical (unpaired) electrons. The Morgan fingerprint density at radius 3 is 2.48 bits per heavy atom. The maximum Gasteiger partial charge on any atom is 0.270 e. The highest BCUT2D eigenvalue weighted by molar-refractivity contribution is 6.31. The number of likely N-dealkylation sites (N-methyl/N-ethyl adjacent to an activating group) is 1. The molecule has 0 aliphatic carbocycles. The minimum absolute atomic E-state index is 0.111. The van der Waals surface area contributed by atoms with E-state index in [2.05, 4.69) is 15.1 Å². The zero-order valence-electron chi connectivity index (χ0n) is 15.2. The molecule has 1 fully saturated rings. The Kier molecular flexibility index (Phi) is 5.62. The van der Waals surface area contributed by atoms with E-state index in [4.69, 9.17) is 11.6 Å². The number of rotatable bonds is 4. The van der Waals surface area contributed by atoms with E-state index in [1.54, 1.807) is 18.2 Å². The fraction of sp³-hybridized carbons (Fsp3) is 0.316. The summed E-state index contributed by atoms with van der Waals surface area (Å²) in [7, 11) is 2.04. The number of benzene rings is 2. The van der Waals surface area contributed by atoms with Crippen LogP contribution >= 0.6 is 11.6 Å². The lowest BCUT2D eigenvalue weighted by Gasteiger charge is -2.34. The number of carbonyl (C=O) groups is 1. The maximum atomic E-state index is 12.9. The lowest BCUT2D eigenvalue weighted by Crippen LogP contribution is -2.45. The maximum absolute atomic E-state index is 12.9. The third kappa shape index (κ3) is 4.37. The molecule has 1 aliphatic heterocycles. The van der Waals surface area contributed by atoms with Gasteiger partial charge in [0.1, 0.15) is 0 Å². The molecule has 0 spiro atoms. The van der Waals surface area contributed by atoms with Crippen LogP contribution in [0.15, 0.2) is 36.4 Å². The number of hydrogen-bond acceptors (Lipinski definition) is 5. The second-order valence-electron chi connectivity index (χ2n) is 6.67. The number of aryl methyl sites for hydroxylation is 1. The first kappa shape index (κ1) is 19.1. The van der Waals surface area contributed by atoms with Crippen LogP contribution in [0, 0.1) is 17.0 Å². The summed E-state index contributed by atoms with van der Waals surface area (Å²) < 4.78 is 0. The Labute approximate surface area is 162 Å². The number of non-ortho nitro benzene ring substituents is 1. The zero-order valence-corrected chi connectivity index (χ0v) is 16.0. The van der Waals surface area contributed by atoms with E-state index < -0.39 is 10.8 Å². The zero-order chi connectivity index (χ0) is 19.6. The van der Waals surface area contributed by atoms with Crippen molar-refractivity contribution < 1.29 is 9.72 Å². The molecule has 2 aromatic rings. The number of anilines is 2. The van der Waals surface area contributed by atoms with E-state index >= 15 is 0 Å². The number of amides is 1. The first-order chi connectivity index (χ1) is 12.8. The molecule has 1 saturated heterocycles. The summed E-state index contributed by atoms with van der Waals surface area (Å²) >= 11 is 6.12. The second-order valence-corrected chi connectivity index (χ2v) is 7.07. The molecule has 142 valence electrons. The molecular weight excluding hydrogens is 368 g/mol. The van der Waals surface area contributed by atoms with Crippen LogP contribution in [0.25, 0.3) is 0 Å². The average molecular weight is 389 g/mol. The Morgan fingerprint density at radius 2 is 1.85 bits per heavy atom. The lowest BCUT2D eigenvalue weighted by molar-refractivity contribution is -0.384. The van der Waals surface area contributed by atoms with Gasteiger partial charge in [-0.15, -0.1) is 0 Å². The number of halogens is 1. The Bertz CT molecular complexity index is 879. The van der Waals surface area contributed by atoms with Crippen molar-refractivity contribution in [2.75, 3.05) is 43.4 Å². The van der Waals surface area contributed by atoms with Gasteiger partial charge in [-0.3, -0.25) is 14.9 Å². The minimum atomic E-state index is -0.493. The molecule has 2 aromatic carbocycles. The number of nitrogens with one attached hydrogen (secondary N) is 1. The van der Waals surface area contributed by atoms with E-state index in [9.17, 15) is 14.9 Å². The van der Waals surface area contributed by atoms with E-state index in [0.717, 1.165) is 31.7 Å². The van der Waals surface area contributed by atoms with Gasteiger partial charge in [0.15, 0.2) is 0 Å². The second kappa shape index (κ2) is 7.94. The van der Waals surface area contributed by atoms with Crippen LogP contribution in [0.3, 0.4) is 0 Å². The molecule has 1 N–H and O–H groups in total. The van der Waals surface area contributed by atoms with Crippen LogP contribution < -0.4 is 10.2 Å². The van der Waals surface area contributed by atoms with E-state index in [1.807, 2.05) is 20.0 Å². The number of nitro groups is 1. The highest BCUT2D eigenvalue weighted by Gasteiger charge is 2.23. The Morgan fingerprint density at radius 1 is 1.15 bits per heavy atom. The van der Waals surface area contributed by atoms with Crippen LogP contribution in [-0.4, -0.2) is 49.0 Å². The van der Waals surface area contributed by atoms with E-state index in [1.165, 1.54) is 12.1 Å². The number of nitro benzene ring substituents is 1. The first-order valence-electron chi connectivity index (χ1n) is 8.64. The predicted octanol–water partition coefficient (Wildman–Crippen LogP) is 3.56. The fourth-order valence-electron chi connectivity index (χ4n) is 3.01. The van der Waals surface area contributed by atoms with Crippen molar-refractivity contribution in [2.45, 2.75) is 6.92 Å². The molecule has 1 aliphatic rings. The number of hydrogen-bond donors (Lipinski definition) is 1. The molecule has 0 bridgehead atoms. The summed E-state index contributed by atoms with van der Waals surface area (Å²) in [6.45, 7) is 5.12. The van der Waals surface area contributed by atoms with Crippen LogP contribution in [-0.2, 0) is 0 Å². The van der Waals surface area contributed by atoms with Crippen molar-refractivity contribution >= 4 is 34.6 Å². The van der Waals surface area contributed by atoms with Gasteiger partial charge in [-0.25, -0.2) is 0 Å². The molecular formula is C19H21ClN4O3. The molecule has 0 aromatic heterocycles. The third-order valence-corrected chi connectivity index (χ3v) is 5.12. The molecule has 0 saturated carbocycles. The van der Waals surface area contributed by atoms with Crippen molar-refractivity contribution in [3.63, 3.8) is 0 Å². The highest BCUT2D eigenvalue weighted by atomic mass is 35.5. The quantitative estimate of drug-likeness (QED) is 0.640. The molecule has 8 heteroatoms. The molecule has 0 atom stereocenters. The standard InChI is InChI=1S/C19H21ClN4O3/c1-13-3-4-14(11-17(13)20)21-19(25)16-12-15(24(26)27)5-6-18(16)23-9-7-22(2)8-10-23/h3-6,11-12H,7-10H2,1-2H3,(H,21,25). The van der Waals surface area contributed by atoms with Gasteiger partial charge in [0.25, 0.3) is 11.6 Å². The summed E-state index contributed by atoms with van der Waals surface area (Å²) in [5, 5.41) is 14.5. The summed E-state index contributed by atoms with van der Waals surface area (Å²) in [6, 6.07) is 9.66. The normalized spacial score (nSPS) is 14.9. The molecule has 0 unspecified atom stereocenters. The van der Waals surface area contributed by atoms with Gasteiger partial charge in [0, 0.05) is 49.0 Å². The molecule has 1 amide bonds. The molecule has 27 heavy (non-hydrogen) atoms. The van der Waals surface area contributed by atoms with E-state index in [0.29, 0.717) is 16.4 Å². The highest BCUT2D eigenvalue weighted by Crippen LogP contribution is 2.28. The number of piperazine rings is 1. The number of carbonyl (C=O) groups excluding carboxylic acids is 1. The average Bonchev–Trinajstić information content (AvgIpc) is 2.65. The van der Waals surface area contributed by atoms with Crippen molar-refractivity contribution in [1.82, 2.24) is 4.90 Å². The van der Waals surface area contributed by atoms with Crippen molar-refractivity contribution in [1.29, 1.82) is 0 Å². The van der Waals surface area contributed by atoms with Crippen LogP contribution in [0.2, 0.25) is 5.02 Å². The van der Waals surface area contributed by atoms with Gasteiger partial charge in [-0.2, -0.15) is 0 Å². The largest absolute Gasteiger partial charge is 0.368 e. The Balaban J connectivity index is 1.92. The summed E-state index contributed by atoms with van der Waals surface area (Å²) in [5.74, 6) is -0.396. The molecule has 3 rings (SSSR count). The van der Waals surface area contributed by atoms with Gasteiger partial charge >= 0.3 is 0 Å². The van der Waals surface area contributed by atoms with Crippen molar-refractivity contribution in [2.24, 2.45) is 0 Å². The Hall–Kier alpha value is -2.64.